The Morgan fingerprint density at radius 2 is 2.05 bits per heavy atom. The maximum atomic E-state index is 12.2. The number of benzene rings is 1. The first-order valence-electron chi connectivity index (χ1n) is 7.23. The first kappa shape index (κ1) is 15.4. The van der Waals surface area contributed by atoms with Crippen LogP contribution >= 0.6 is 23.2 Å². The topological polar surface area (TPSA) is 69.6 Å². The summed E-state index contributed by atoms with van der Waals surface area (Å²) in [6.07, 6.45) is 1.41. The molecule has 2 aliphatic heterocycles. The molecule has 118 valence electrons. The smallest absolute Gasteiger partial charge is 0.242 e. The van der Waals surface area contributed by atoms with Gasteiger partial charge in [0, 0.05) is 25.1 Å². The summed E-state index contributed by atoms with van der Waals surface area (Å²) in [6, 6.07) is 2.54. The molecule has 22 heavy (non-hydrogen) atoms. The van der Waals surface area contributed by atoms with Gasteiger partial charge in [-0.15, -0.1) is 0 Å². The van der Waals surface area contributed by atoms with Gasteiger partial charge in [0.05, 0.1) is 10.0 Å². The van der Waals surface area contributed by atoms with Crippen LogP contribution in [0.25, 0.3) is 0 Å². The van der Waals surface area contributed by atoms with Gasteiger partial charge in [-0.3, -0.25) is 9.59 Å². The van der Waals surface area contributed by atoms with Crippen LogP contribution in [0.2, 0.25) is 10.0 Å². The minimum atomic E-state index is -0.511. The molecule has 2 atom stereocenters. The highest BCUT2D eigenvalue weighted by atomic mass is 35.5. The van der Waals surface area contributed by atoms with E-state index in [1.807, 2.05) is 0 Å². The lowest BCUT2D eigenvalue weighted by atomic mass is 9.84. The highest BCUT2D eigenvalue weighted by molar-refractivity contribution is 6.42. The lowest BCUT2D eigenvalue weighted by molar-refractivity contribution is -0.139. The van der Waals surface area contributed by atoms with Crippen molar-refractivity contribution in [1.82, 2.24) is 10.2 Å². The Morgan fingerprint density at radius 1 is 1.27 bits per heavy atom. The standard InChI is InChI=1S/C15H16Cl2N2O3/c16-9-1-2-11(20)13(14(9)17)8-4-6-19-10(7-8)15(22)18-5-3-12(19)21/h1-2,8,10,20H,3-7H2,(H,18,22). The third-order valence-corrected chi connectivity index (χ3v) is 5.20. The molecule has 0 spiro atoms. The second-order valence-electron chi connectivity index (χ2n) is 5.66. The van der Waals surface area contributed by atoms with Gasteiger partial charge in [-0.25, -0.2) is 0 Å². The Kier molecular flexibility index (Phi) is 4.19. The molecule has 2 saturated heterocycles. The molecule has 0 saturated carbocycles. The summed E-state index contributed by atoms with van der Waals surface area (Å²) < 4.78 is 0. The van der Waals surface area contributed by atoms with E-state index in [0.29, 0.717) is 48.0 Å². The molecule has 1 aromatic rings. The molecule has 7 heteroatoms. The summed E-state index contributed by atoms with van der Waals surface area (Å²) in [6.45, 7) is 0.850. The van der Waals surface area contributed by atoms with Gasteiger partial charge in [-0.2, -0.15) is 0 Å². The molecule has 5 nitrogen and oxygen atoms in total. The largest absolute Gasteiger partial charge is 0.508 e. The van der Waals surface area contributed by atoms with Crippen molar-refractivity contribution in [2.75, 3.05) is 13.1 Å². The van der Waals surface area contributed by atoms with Crippen molar-refractivity contribution in [3.63, 3.8) is 0 Å². The van der Waals surface area contributed by atoms with Gasteiger partial charge in [-0.05, 0) is 30.9 Å². The van der Waals surface area contributed by atoms with Gasteiger partial charge in [0.25, 0.3) is 0 Å². The zero-order valence-electron chi connectivity index (χ0n) is 11.8. The predicted octanol–water partition coefficient (Wildman–Crippen LogP) is 2.29. The fourth-order valence-corrected chi connectivity index (χ4v) is 3.75. The van der Waals surface area contributed by atoms with E-state index in [9.17, 15) is 14.7 Å². The maximum absolute atomic E-state index is 12.2. The predicted molar refractivity (Wildman–Crippen MR) is 83.2 cm³/mol. The molecule has 2 aliphatic rings. The van der Waals surface area contributed by atoms with Gasteiger partial charge in [0.1, 0.15) is 11.8 Å². The number of amides is 2. The number of carbonyl (C=O) groups is 2. The minimum Gasteiger partial charge on any atom is -0.508 e. The van der Waals surface area contributed by atoms with E-state index in [1.165, 1.54) is 6.07 Å². The normalized spacial score (nSPS) is 25.5. The van der Waals surface area contributed by atoms with Crippen LogP contribution in [0.1, 0.15) is 30.7 Å². The van der Waals surface area contributed by atoms with Crippen molar-refractivity contribution in [3.8, 4) is 5.75 Å². The molecular formula is C15H16Cl2N2O3. The Bertz CT molecular complexity index is 635. The van der Waals surface area contributed by atoms with Gasteiger partial charge >= 0.3 is 0 Å². The highest BCUT2D eigenvalue weighted by Crippen LogP contribution is 2.43. The summed E-state index contributed by atoms with van der Waals surface area (Å²) in [5, 5.41) is 13.6. The molecule has 0 aliphatic carbocycles. The highest BCUT2D eigenvalue weighted by Gasteiger charge is 2.39. The number of rotatable bonds is 1. The van der Waals surface area contributed by atoms with Crippen molar-refractivity contribution in [2.24, 2.45) is 0 Å². The van der Waals surface area contributed by atoms with Crippen molar-refractivity contribution in [3.05, 3.63) is 27.7 Å². The van der Waals surface area contributed by atoms with E-state index in [2.05, 4.69) is 5.32 Å². The van der Waals surface area contributed by atoms with Crippen LogP contribution < -0.4 is 5.32 Å². The molecule has 2 heterocycles. The third-order valence-electron chi connectivity index (χ3n) is 4.38. The first-order valence-corrected chi connectivity index (χ1v) is 7.98. The van der Waals surface area contributed by atoms with Crippen molar-refractivity contribution in [2.45, 2.75) is 31.2 Å². The van der Waals surface area contributed by atoms with Crippen molar-refractivity contribution in [1.29, 1.82) is 0 Å². The van der Waals surface area contributed by atoms with E-state index in [-0.39, 0.29) is 23.5 Å². The molecule has 0 radical (unpaired) electrons. The Hall–Kier alpha value is -1.46. The van der Waals surface area contributed by atoms with Crippen molar-refractivity contribution >= 4 is 35.0 Å². The van der Waals surface area contributed by atoms with Gasteiger partial charge in [0.15, 0.2) is 0 Å². The second kappa shape index (κ2) is 5.97. The zero-order chi connectivity index (χ0) is 15.9. The van der Waals surface area contributed by atoms with Crippen LogP contribution in [0, 0.1) is 0 Å². The minimum absolute atomic E-state index is 0.0109. The lowest BCUT2D eigenvalue weighted by Gasteiger charge is -2.37. The summed E-state index contributed by atoms with van der Waals surface area (Å²) >= 11 is 12.3. The van der Waals surface area contributed by atoms with Crippen LogP contribution in [0.15, 0.2) is 12.1 Å². The number of carbonyl (C=O) groups excluding carboxylic acids is 2. The molecule has 3 rings (SSSR count). The monoisotopic (exact) mass is 342 g/mol. The van der Waals surface area contributed by atoms with Gasteiger partial charge < -0.3 is 15.3 Å². The Balaban J connectivity index is 1.92. The molecular weight excluding hydrogens is 327 g/mol. The second-order valence-corrected chi connectivity index (χ2v) is 6.44. The van der Waals surface area contributed by atoms with Gasteiger partial charge in [-0.1, -0.05) is 23.2 Å². The average molecular weight is 343 g/mol. The third kappa shape index (κ3) is 2.63. The van der Waals surface area contributed by atoms with E-state index >= 15 is 0 Å². The van der Waals surface area contributed by atoms with E-state index in [4.69, 9.17) is 23.2 Å². The fraction of sp³-hybridized carbons (Fsp3) is 0.467. The van der Waals surface area contributed by atoms with E-state index in [1.54, 1.807) is 11.0 Å². The van der Waals surface area contributed by atoms with Crippen LogP contribution in [-0.4, -0.2) is 41.0 Å². The maximum Gasteiger partial charge on any atom is 0.242 e. The molecule has 1 aromatic carbocycles. The van der Waals surface area contributed by atoms with Crippen LogP contribution in [0.3, 0.4) is 0 Å². The Morgan fingerprint density at radius 3 is 2.82 bits per heavy atom. The average Bonchev–Trinajstić information content (AvgIpc) is 2.63. The molecule has 2 N–H and O–H groups in total. The SMILES string of the molecule is O=C1NCCC(=O)N2CCC(c3c(O)ccc(Cl)c3Cl)CC12. The first-order chi connectivity index (χ1) is 10.5. The van der Waals surface area contributed by atoms with E-state index < -0.39 is 6.04 Å². The molecule has 0 aromatic heterocycles. The van der Waals surface area contributed by atoms with Crippen LogP contribution in [0.5, 0.6) is 5.75 Å². The van der Waals surface area contributed by atoms with Crippen molar-refractivity contribution < 1.29 is 14.7 Å². The number of aromatic hydroxyl groups is 1. The summed E-state index contributed by atoms with van der Waals surface area (Å²) in [5.74, 6) is -0.186. The number of piperidine rings is 1. The quantitative estimate of drug-likeness (QED) is 0.822. The number of nitrogens with zero attached hydrogens (tertiary/aromatic N) is 1. The lowest BCUT2D eigenvalue weighted by Crippen LogP contribution is -2.50. The number of halogens is 2. The molecule has 2 fully saturated rings. The Labute approximate surface area is 138 Å². The van der Waals surface area contributed by atoms with E-state index in [0.717, 1.165) is 0 Å². The zero-order valence-corrected chi connectivity index (χ0v) is 13.3. The number of fused-ring (bicyclic) bond motifs is 1. The molecule has 2 amide bonds. The molecule has 0 bridgehead atoms. The molecule has 2 unspecified atom stereocenters. The van der Waals surface area contributed by atoms with Crippen LogP contribution in [0.4, 0.5) is 0 Å². The number of hydrogen-bond donors (Lipinski definition) is 2. The summed E-state index contributed by atoms with van der Waals surface area (Å²) in [4.78, 5) is 25.9. The fourth-order valence-electron chi connectivity index (χ4n) is 3.27. The van der Waals surface area contributed by atoms with Gasteiger partial charge in [0.2, 0.25) is 11.8 Å². The summed E-state index contributed by atoms with van der Waals surface area (Å²) in [7, 11) is 0. The van der Waals surface area contributed by atoms with Crippen LogP contribution in [-0.2, 0) is 9.59 Å². The number of phenolic OH excluding ortho intramolecular Hbond substituents is 1. The number of hydrogen-bond acceptors (Lipinski definition) is 3. The number of nitrogens with one attached hydrogen (secondary N) is 1. The number of phenols is 1. The summed E-state index contributed by atoms with van der Waals surface area (Å²) in [5.41, 5.74) is 0.568.